The molecular formula is C14H8Br2N2O. The Morgan fingerprint density at radius 3 is 2.37 bits per heavy atom. The summed E-state index contributed by atoms with van der Waals surface area (Å²) in [5.41, 5.74) is 1.41. The van der Waals surface area contributed by atoms with Crippen molar-refractivity contribution in [2.75, 3.05) is 0 Å². The van der Waals surface area contributed by atoms with Gasteiger partial charge in [-0.1, -0.05) is 31.9 Å². The van der Waals surface area contributed by atoms with Crippen LogP contribution in [0.3, 0.4) is 0 Å². The number of rotatable bonds is 1. The first-order chi connectivity index (χ1) is 9.15. The summed E-state index contributed by atoms with van der Waals surface area (Å²) in [6.07, 6.45) is 1.56. The zero-order chi connectivity index (χ0) is 13.4. The van der Waals surface area contributed by atoms with Gasteiger partial charge >= 0.3 is 0 Å². The Morgan fingerprint density at radius 2 is 1.63 bits per heavy atom. The van der Waals surface area contributed by atoms with Crippen molar-refractivity contribution < 1.29 is 0 Å². The van der Waals surface area contributed by atoms with Crippen LogP contribution in [0.15, 0.2) is 62.5 Å². The van der Waals surface area contributed by atoms with Crippen LogP contribution in [0.4, 0.5) is 0 Å². The molecule has 0 aliphatic rings. The molecule has 3 aromatic rings. The van der Waals surface area contributed by atoms with Gasteiger partial charge in [-0.3, -0.25) is 9.36 Å². The molecule has 0 saturated heterocycles. The van der Waals surface area contributed by atoms with Gasteiger partial charge in [0.2, 0.25) is 0 Å². The Labute approximate surface area is 126 Å². The predicted molar refractivity (Wildman–Crippen MR) is 82.7 cm³/mol. The summed E-state index contributed by atoms with van der Waals surface area (Å²) in [5.74, 6) is 0. The number of benzene rings is 2. The average Bonchev–Trinajstić information content (AvgIpc) is 2.41. The number of fused-ring (bicyclic) bond motifs is 1. The van der Waals surface area contributed by atoms with Crippen molar-refractivity contribution in [3.8, 4) is 5.69 Å². The maximum absolute atomic E-state index is 12.5. The second kappa shape index (κ2) is 4.90. The second-order valence-electron chi connectivity index (χ2n) is 4.06. The van der Waals surface area contributed by atoms with Gasteiger partial charge in [0.05, 0.1) is 16.6 Å². The standard InChI is InChI=1S/C14H8Br2N2O/c15-9-1-4-11(5-2-9)18-8-17-13-6-3-10(16)7-12(13)14(18)19/h1-8H. The number of nitrogens with zero attached hydrogens (tertiary/aromatic N) is 2. The molecule has 0 saturated carbocycles. The Balaban J connectivity index is 2.28. The summed E-state index contributed by atoms with van der Waals surface area (Å²) in [4.78, 5) is 16.8. The minimum atomic E-state index is -0.0753. The molecule has 1 heterocycles. The lowest BCUT2D eigenvalue weighted by atomic mass is 10.2. The Morgan fingerprint density at radius 1 is 0.947 bits per heavy atom. The van der Waals surface area contributed by atoms with Crippen molar-refractivity contribution in [2.45, 2.75) is 0 Å². The highest BCUT2D eigenvalue weighted by Crippen LogP contribution is 2.17. The van der Waals surface area contributed by atoms with Crippen molar-refractivity contribution in [3.05, 3.63) is 68.1 Å². The summed E-state index contributed by atoms with van der Waals surface area (Å²) < 4.78 is 3.38. The van der Waals surface area contributed by atoms with Crippen LogP contribution in [0.5, 0.6) is 0 Å². The van der Waals surface area contributed by atoms with Crippen molar-refractivity contribution in [2.24, 2.45) is 0 Å². The van der Waals surface area contributed by atoms with E-state index >= 15 is 0 Å². The first kappa shape index (κ1) is 12.6. The number of aromatic nitrogens is 2. The fourth-order valence-corrected chi connectivity index (χ4v) is 2.51. The summed E-state index contributed by atoms with van der Waals surface area (Å²) in [6, 6.07) is 13.0. The molecule has 0 aliphatic heterocycles. The van der Waals surface area contributed by atoms with E-state index in [1.165, 1.54) is 0 Å². The fourth-order valence-electron chi connectivity index (χ4n) is 1.88. The molecule has 94 valence electrons. The average molecular weight is 380 g/mol. The number of hydrogen-bond donors (Lipinski definition) is 0. The molecule has 0 aliphatic carbocycles. The second-order valence-corrected chi connectivity index (χ2v) is 5.89. The quantitative estimate of drug-likeness (QED) is 0.642. The van der Waals surface area contributed by atoms with E-state index in [0.717, 1.165) is 14.6 Å². The van der Waals surface area contributed by atoms with Crippen LogP contribution < -0.4 is 5.56 Å². The third-order valence-corrected chi connectivity index (χ3v) is 3.85. The van der Waals surface area contributed by atoms with Gasteiger partial charge in [-0.2, -0.15) is 0 Å². The predicted octanol–water partition coefficient (Wildman–Crippen LogP) is 3.91. The molecule has 19 heavy (non-hydrogen) atoms. The first-order valence-corrected chi connectivity index (χ1v) is 7.16. The summed E-state index contributed by atoms with van der Waals surface area (Å²) in [7, 11) is 0. The topological polar surface area (TPSA) is 34.9 Å². The van der Waals surface area contributed by atoms with Crippen molar-refractivity contribution in [1.29, 1.82) is 0 Å². The monoisotopic (exact) mass is 378 g/mol. The first-order valence-electron chi connectivity index (χ1n) is 5.58. The Hall–Kier alpha value is -1.46. The van der Waals surface area contributed by atoms with Gasteiger partial charge in [0.1, 0.15) is 6.33 Å². The molecule has 0 atom stereocenters. The Bertz CT molecular complexity index is 810. The molecule has 0 amide bonds. The summed E-state index contributed by atoms with van der Waals surface area (Å²) in [5, 5.41) is 0.597. The van der Waals surface area contributed by atoms with E-state index in [1.54, 1.807) is 17.0 Å². The molecule has 0 spiro atoms. The van der Waals surface area contributed by atoms with Crippen molar-refractivity contribution in [1.82, 2.24) is 9.55 Å². The van der Waals surface area contributed by atoms with E-state index in [9.17, 15) is 4.79 Å². The lowest BCUT2D eigenvalue weighted by molar-refractivity contribution is 0.962. The zero-order valence-electron chi connectivity index (χ0n) is 9.68. The van der Waals surface area contributed by atoms with E-state index in [0.29, 0.717) is 10.9 Å². The van der Waals surface area contributed by atoms with Crippen LogP contribution >= 0.6 is 31.9 Å². The lowest BCUT2D eigenvalue weighted by Gasteiger charge is -2.06. The fraction of sp³-hybridized carbons (Fsp3) is 0. The third-order valence-electron chi connectivity index (χ3n) is 2.82. The zero-order valence-corrected chi connectivity index (χ0v) is 12.8. The summed E-state index contributed by atoms with van der Waals surface area (Å²) in [6.45, 7) is 0. The maximum Gasteiger partial charge on any atom is 0.265 e. The molecule has 2 aromatic carbocycles. The van der Waals surface area contributed by atoms with Crippen LogP contribution in [-0.2, 0) is 0 Å². The van der Waals surface area contributed by atoms with Gasteiger partial charge < -0.3 is 0 Å². The van der Waals surface area contributed by atoms with Crippen LogP contribution in [0.25, 0.3) is 16.6 Å². The van der Waals surface area contributed by atoms with Gasteiger partial charge in [0.15, 0.2) is 0 Å². The van der Waals surface area contributed by atoms with Crippen LogP contribution in [0.1, 0.15) is 0 Å². The number of hydrogen-bond acceptors (Lipinski definition) is 2. The van der Waals surface area contributed by atoms with Gasteiger partial charge in [-0.05, 0) is 42.5 Å². The molecule has 0 radical (unpaired) electrons. The molecule has 0 N–H and O–H groups in total. The third kappa shape index (κ3) is 2.35. The lowest BCUT2D eigenvalue weighted by Crippen LogP contribution is -2.18. The van der Waals surface area contributed by atoms with Crippen LogP contribution in [-0.4, -0.2) is 9.55 Å². The van der Waals surface area contributed by atoms with Crippen LogP contribution in [0.2, 0.25) is 0 Å². The highest BCUT2D eigenvalue weighted by molar-refractivity contribution is 9.10. The van der Waals surface area contributed by atoms with Gasteiger partial charge in [-0.25, -0.2) is 4.98 Å². The van der Waals surface area contributed by atoms with E-state index in [1.807, 2.05) is 36.4 Å². The van der Waals surface area contributed by atoms with Crippen molar-refractivity contribution in [3.63, 3.8) is 0 Å². The van der Waals surface area contributed by atoms with E-state index in [-0.39, 0.29) is 5.56 Å². The highest BCUT2D eigenvalue weighted by atomic mass is 79.9. The molecule has 0 unspecified atom stereocenters. The van der Waals surface area contributed by atoms with Gasteiger partial charge in [-0.15, -0.1) is 0 Å². The van der Waals surface area contributed by atoms with Gasteiger partial charge in [0, 0.05) is 8.95 Å². The highest BCUT2D eigenvalue weighted by Gasteiger charge is 2.06. The van der Waals surface area contributed by atoms with E-state index in [2.05, 4.69) is 36.8 Å². The van der Waals surface area contributed by atoms with Crippen molar-refractivity contribution >= 4 is 42.8 Å². The normalized spacial score (nSPS) is 10.8. The van der Waals surface area contributed by atoms with Gasteiger partial charge in [0.25, 0.3) is 5.56 Å². The minimum Gasteiger partial charge on any atom is -0.268 e. The van der Waals surface area contributed by atoms with Crippen LogP contribution in [0, 0.1) is 0 Å². The minimum absolute atomic E-state index is 0.0753. The largest absolute Gasteiger partial charge is 0.268 e. The molecule has 1 aromatic heterocycles. The van der Waals surface area contributed by atoms with E-state index in [4.69, 9.17) is 0 Å². The Kier molecular flexibility index (Phi) is 3.24. The summed E-state index contributed by atoms with van der Waals surface area (Å²) >= 11 is 6.75. The smallest absolute Gasteiger partial charge is 0.265 e. The molecular weight excluding hydrogens is 372 g/mol. The van der Waals surface area contributed by atoms with E-state index < -0.39 is 0 Å². The molecule has 3 nitrogen and oxygen atoms in total. The molecule has 5 heteroatoms. The molecule has 3 rings (SSSR count). The SMILES string of the molecule is O=c1c2cc(Br)ccc2ncn1-c1ccc(Br)cc1. The molecule has 0 fully saturated rings. The maximum atomic E-state index is 12.5. The number of halogens is 2. The molecule has 0 bridgehead atoms.